The quantitative estimate of drug-likeness (QED) is 0.479. The van der Waals surface area contributed by atoms with E-state index < -0.39 is 0 Å². The first kappa shape index (κ1) is 18.9. The van der Waals surface area contributed by atoms with Gasteiger partial charge in [-0.3, -0.25) is 0 Å². The maximum atomic E-state index is 3.84. The molecular weight excluding hydrogens is 235 g/mol. The van der Waals surface area contributed by atoms with Gasteiger partial charge in [0.1, 0.15) is 0 Å². The van der Waals surface area contributed by atoms with Crippen LogP contribution in [0.1, 0.15) is 13.8 Å². The van der Waals surface area contributed by atoms with Crippen LogP contribution in [0.15, 0.2) is 0 Å². The normalized spacial score (nSPS) is 14.0. The average Bonchev–Trinajstić information content (AvgIpc) is 1.99. The Morgan fingerprint density at radius 3 is 1.33 bits per heavy atom. The second kappa shape index (κ2) is 12.2. The molecule has 0 aromatic heterocycles. The van der Waals surface area contributed by atoms with Crippen LogP contribution in [-0.4, -0.2) is 23.6 Å². The molecule has 0 amide bonds. The minimum absolute atomic E-state index is 0. The Bertz CT molecular complexity index is 77.9. The van der Waals surface area contributed by atoms with Gasteiger partial charge in [0.15, 0.2) is 0 Å². The molecule has 0 radical (unpaired) electrons. The minimum atomic E-state index is 0. The van der Waals surface area contributed by atoms with E-state index in [1.54, 1.807) is 0 Å². The van der Waals surface area contributed by atoms with Crippen molar-refractivity contribution in [2.75, 3.05) is 13.1 Å². The average molecular weight is 253 g/mol. The molecule has 0 aliphatic heterocycles. The van der Waals surface area contributed by atoms with E-state index >= 15 is 0 Å². The summed E-state index contributed by atoms with van der Waals surface area (Å²) in [7, 11) is 3.85. The Kier molecular flexibility index (Phi) is 19.2. The molecule has 0 aromatic carbocycles. The molecule has 0 aromatic rings. The molecule has 0 bridgehead atoms. The van der Waals surface area contributed by atoms with Crippen LogP contribution >= 0.6 is 21.6 Å². The van der Waals surface area contributed by atoms with Gasteiger partial charge in [0.2, 0.25) is 0 Å². The zero-order valence-corrected chi connectivity index (χ0v) is 10.7. The zero-order valence-electron chi connectivity index (χ0n) is 7.56. The van der Waals surface area contributed by atoms with Crippen molar-refractivity contribution in [3.8, 4) is 0 Å². The Morgan fingerprint density at radius 1 is 0.917 bits per heavy atom. The lowest BCUT2D eigenvalue weighted by Crippen LogP contribution is -3.00. The molecule has 6 N–H and O–H groups in total. The van der Waals surface area contributed by atoms with Crippen molar-refractivity contribution >= 4 is 21.6 Å². The van der Waals surface area contributed by atoms with Crippen LogP contribution in [0.2, 0.25) is 0 Å². The summed E-state index contributed by atoms with van der Waals surface area (Å²) in [5, 5.41) is 1.36. The maximum absolute atomic E-state index is 3.84. The predicted molar refractivity (Wildman–Crippen MR) is 49.6 cm³/mol. The van der Waals surface area contributed by atoms with Crippen molar-refractivity contribution in [2.24, 2.45) is 0 Å². The first-order valence-electron chi connectivity index (χ1n) is 3.61. The molecular formula is C6H18Cl2N2S2. The van der Waals surface area contributed by atoms with E-state index in [1.165, 1.54) is 0 Å². The first-order chi connectivity index (χ1) is 4.70. The van der Waals surface area contributed by atoms with E-state index in [1.807, 2.05) is 21.6 Å². The highest BCUT2D eigenvalue weighted by Crippen LogP contribution is 2.29. The molecule has 0 aliphatic carbocycles. The molecule has 0 spiro atoms. The van der Waals surface area contributed by atoms with Crippen LogP contribution in [0.25, 0.3) is 0 Å². The lowest BCUT2D eigenvalue weighted by molar-refractivity contribution is -0.366. The fourth-order valence-electron chi connectivity index (χ4n) is 0.286. The Morgan fingerprint density at radius 2 is 1.17 bits per heavy atom. The Labute approximate surface area is 95.2 Å². The van der Waals surface area contributed by atoms with Crippen molar-refractivity contribution in [2.45, 2.75) is 24.3 Å². The summed E-state index contributed by atoms with van der Waals surface area (Å²) in [5.74, 6) is 0. The molecule has 0 fully saturated rings. The fraction of sp³-hybridized carbons (Fsp3) is 1.00. The fourth-order valence-corrected chi connectivity index (χ4v) is 2.57. The van der Waals surface area contributed by atoms with Gasteiger partial charge in [-0.25, -0.2) is 0 Å². The van der Waals surface area contributed by atoms with Gasteiger partial charge < -0.3 is 36.3 Å². The molecule has 12 heavy (non-hydrogen) atoms. The van der Waals surface area contributed by atoms with Crippen LogP contribution in [0.5, 0.6) is 0 Å². The van der Waals surface area contributed by atoms with Crippen LogP contribution in [-0.2, 0) is 0 Å². The van der Waals surface area contributed by atoms with Crippen LogP contribution in [0.3, 0.4) is 0 Å². The number of rotatable bonds is 5. The molecule has 0 saturated carbocycles. The highest BCUT2D eigenvalue weighted by molar-refractivity contribution is 8.77. The smallest absolute Gasteiger partial charge is 0.0866 e. The zero-order chi connectivity index (χ0) is 7.98. The minimum Gasteiger partial charge on any atom is -1.00 e. The largest absolute Gasteiger partial charge is 1.00 e. The SMILES string of the molecule is CC(C[NH3+])SSC(C)C[NH3+].[Cl-].[Cl-]. The monoisotopic (exact) mass is 252 g/mol. The summed E-state index contributed by atoms with van der Waals surface area (Å²) in [4.78, 5) is 0. The molecule has 0 aliphatic rings. The van der Waals surface area contributed by atoms with Crippen LogP contribution in [0.4, 0.5) is 0 Å². The third-order valence-electron chi connectivity index (χ3n) is 1.20. The summed E-state index contributed by atoms with van der Waals surface area (Å²) < 4.78 is 0. The van der Waals surface area contributed by atoms with E-state index in [0.29, 0.717) is 10.5 Å². The van der Waals surface area contributed by atoms with Crippen molar-refractivity contribution in [1.29, 1.82) is 0 Å². The number of hydrogen-bond donors (Lipinski definition) is 2. The lowest BCUT2D eigenvalue weighted by Gasteiger charge is -2.07. The molecule has 0 saturated heterocycles. The molecule has 6 heteroatoms. The second-order valence-electron chi connectivity index (χ2n) is 2.39. The van der Waals surface area contributed by atoms with E-state index in [4.69, 9.17) is 0 Å². The summed E-state index contributed by atoms with van der Waals surface area (Å²) in [6, 6.07) is 0. The highest BCUT2D eigenvalue weighted by Gasteiger charge is 2.06. The van der Waals surface area contributed by atoms with E-state index in [-0.39, 0.29) is 24.8 Å². The maximum Gasteiger partial charge on any atom is 0.0866 e. The number of halogens is 2. The van der Waals surface area contributed by atoms with Crippen molar-refractivity contribution in [1.82, 2.24) is 0 Å². The molecule has 0 heterocycles. The molecule has 78 valence electrons. The van der Waals surface area contributed by atoms with Crippen molar-refractivity contribution < 1.29 is 36.3 Å². The van der Waals surface area contributed by atoms with Gasteiger partial charge in [0, 0.05) is 0 Å². The summed E-state index contributed by atoms with van der Waals surface area (Å²) in [6.45, 7) is 6.45. The first-order valence-corrected chi connectivity index (χ1v) is 5.89. The van der Waals surface area contributed by atoms with Crippen molar-refractivity contribution in [3.05, 3.63) is 0 Å². The van der Waals surface area contributed by atoms with Gasteiger partial charge in [0.25, 0.3) is 0 Å². The highest BCUT2D eigenvalue weighted by atomic mass is 35.5. The lowest BCUT2D eigenvalue weighted by atomic mass is 10.5. The third kappa shape index (κ3) is 11.2. The summed E-state index contributed by atoms with van der Waals surface area (Å²) in [6.07, 6.45) is 0. The summed E-state index contributed by atoms with van der Waals surface area (Å²) in [5.41, 5.74) is 7.68. The van der Waals surface area contributed by atoms with Crippen LogP contribution < -0.4 is 36.3 Å². The number of hydrogen-bond acceptors (Lipinski definition) is 2. The van der Waals surface area contributed by atoms with Crippen LogP contribution in [0, 0.1) is 0 Å². The summed E-state index contributed by atoms with van der Waals surface area (Å²) >= 11 is 0. The van der Waals surface area contributed by atoms with Gasteiger partial charge in [-0.15, -0.1) is 0 Å². The number of quaternary nitrogens is 2. The standard InChI is InChI=1S/C6H16N2S2.2ClH/c1-5(3-7)9-10-6(2)4-8;;/h5-6H,3-4,7-8H2,1-2H3;2*1H. The van der Waals surface area contributed by atoms with Gasteiger partial charge in [-0.2, -0.15) is 0 Å². The van der Waals surface area contributed by atoms with E-state index in [2.05, 4.69) is 25.3 Å². The van der Waals surface area contributed by atoms with Gasteiger partial charge in [-0.1, -0.05) is 21.6 Å². The van der Waals surface area contributed by atoms with Gasteiger partial charge in [-0.05, 0) is 13.8 Å². The second-order valence-corrected chi connectivity index (χ2v) is 5.54. The molecule has 2 nitrogen and oxygen atoms in total. The Hall–Kier alpha value is 1.20. The third-order valence-corrected chi connectivity index (χ3v) is 4.74. The van der Waals surface area contributed by atoms with Gasteiger partial charge >= 0.3 is 0 Å². The molecule has 2 atom stereocenters. The van der Waals surface area contributed by atoms with Gasteiger partial charge in [0.05, 0.1) is 23.6 Å². The molecule has 2 unspecified atom stereocenters. The molecule has 0 rings (SSSR count). The van der Waals surface area contributed by atoms with E-state index in [9.17, 15) is 0 Å². The Balaban J connectivity index is -0.000000405. The predicted octanol–water partition coefficient (Wildman–Crippen LogP) is -6.36. The van der Waals surface area contributed by atoms with Crippen molar-refractivity contribution in [3.63, 3.8) is 0 Å². The van der Waals surface area contributed by atoms with E-state index in [0.717, 1.165) is 13.1 Å². The topological polar surface area (TPSA) is 55.3 Å².